The molecule has 0 saturated carbocycles. The molecule has 1 aliphatic heterocycles. The zero-order valence-corrected chi connectivity index (χ0v) is 29.1. The maximum absolute atomic E-state index is 12.1. The van der Waals surface area contributed by atoms with Gasteiger partial charge in [0.1, 0.15) is 19.0 Å². The molecule has 6 rings (SSSR count). The summed E-state index contributed by atoms with van der Waals surface area (Å²) in [5.41, 5.74) is 3.37. The minimum absolute atomic E-state index is 0.212. The Kier molecular flexibility index (Phi) is 9.71. The van der Waals surface area contributed by atoms with Gasteiger partial charge in [-0.3, -0.25) is 4.79 Å². The van der Waals surface area contributed by atoms with Crippen LogP contribution in [-0.4, -0.2) is 35.4 Å². The lowest BCUT2D eigenvalue weighted by atomic mass is 9.90. The van der Waals surface area contributed by atoms with Crippen LogP contribution in [0.1, 0.15) is 59.8 Å². The maximum atomic E-state index is 12.1. The molecule has 1 aliphatic rings. The largest absolute Gasteiger partial charge is 0.493 e. The Morgan fingerprint density at radius 2 is 1.33 bits per heavy atom. The van der Waals surface area contributed by atoms with Gasteiger partial charge in [-0.25, -0.2) is 0 Å². The highest BCUT2D eigenvalue weighted by molar-refractivity contribution is 6.99. The van der Waals surface area contributed by atoms with E-state index in [4.69, 9.17) is 23.4 Å². The van der Waals surface area contributed by atoms with E-state index in [0.29, 0.717) is 41.8 Å². The van der Waals surface area contributed by atoms with Crippen LogP contribution in [0.5, 0.6) is 23.0 Å². The minimum atomic E-state index is -2.88. The van der Waals surface area contributed by atoms with Crippen LogP contribution >= 0.6 is 0 Å². The van der Waals surface area contributed by atoms with E-state index in [-0.39, 0.29) is 11.0 Å². The molecule has 246 valence electrons. The van der Waals surface area contributed by atoms with Crippen LogP contribution in [0.4, 0.5) is 0 Å². The summed E-state index contributed by atoms with van der Waals surface area (Å²) in [6.07, 6.45) is 0.407. The normalized spacial score (nSPS) is 15.7. The number of hydrogen-bond acceptors (Lipinski definition) is 6. The molecule has 0 amide bonds. The lowest BCUT2D eigenvalue weighted by Crippen LogP contribution is -2.66. The van der Waals surface area contributed by atoms with Crippen LogP contribution in [0, 0.1) is 0 Å². The van der Waals surface area contributed by atoms with Gasteiger partial charge in [-0.05, 0) is 50.8 Å². The second-order valence-corrected chi connectivity index (χ2v) is 17.4. The summed E-state index contributed by atoms with van der Waals surface area (Å²) in [6.45, 7) is 7.57. The predicted molar refractivity (Wildman–Crippen MR) is 192 cm³/mol. The van der Waals surface area contributed by atoms with Crippen molar-refractivity contribution in [3.8, 4) is 23.0 Å². The Morgan fingerprint density at radius 1 is 0.729 bits per heavy atom. The molecule has 5 aromatic carbocycles. The van der Waals surface area contributed by atoms with Crippen molar-refractivity contribution in [2.75, 3.05) is 20.8 Å². The van der Waals surface area contributed by atoms with Crippen molar-refractivity contribution in [1.29, 1.82) is 0 Å². The summed E-state index contributed by atoms with van der Waals surface area (Å²) in [7, 11) is 0.351. The SMILES string of the molecule is COc1cc([C@H]2Oc3c(OC)cc(C=O)cc3[C@@H]2CO[Si](c2ccccc2)(c2ccccc2)C(C)(C)C)ccc1OCc1ccccc1. The highest BCUT2D eigenvalue weighted by atomic mass is 28.4. The van der Waals surface area contributed by atoms with Gasteiger partial charge in [-0.15, -0.1) is 0 Å². The monoisotopic (exact) mass is 658 g/mol. The first-order valence-corrected chi connectivity index (χ1v) is 18.1. The lowest BCUT2D eigenvalue weighted by Gasteiger charge is -2.43. The number of benzene rings is 5. The number of hydrogen-bond donors (Lipinski definition) is 0. The van der Waals surface area contributed by atoms with Crippen molar-refractivity contribution >= 4 is 25.0 Å². The van der Waals surface area contributed by atoms with E-state index in [0.717, 1.165) is 23.0 Å². The Hall–Kier alpha value is -4.85. The molecule has 48 heavy (non-hydrogen) atoms. The summed E-state index contributed by atoms with van der Waals surface area (Å²) in [5.74, 6) is 2.13. The van der Waals surface area contributed by atoms with Gasteiger partial charge in [-0.1, -0.05) is 118 Å². The number of fused-ring (bicyclic) bond motifs is 1. The van der Waals surface area contributed by atoms with Crippen LogP contribution in [0.3, 0.4) is 0 Å². The van der Waals surface area contributed by atoms with Crippen molar-refractivity contribution in [3.63, 3.8) is 0 Å². The van der Waals surface area contributed by atoms with Gasteiger partial charge in [0.25, 0.3) is 8.32 Å². The second kappa shape index (κ2) is 14.1. The fraction of sp³-hybridized carbons (Fsp3) is 0.244. The molecule has 0 aromatic heterocycles. The first-order valence-electron chi connectivity index (χ1n) is 16.2. The van der Waals surface area contributed by atoms with E-state index in [9.17, 15) is 4.79 Å². The predicted octanol–water partition coefficient (Wildman–Crippen LogP) is 7.89. The molecular weight excluding hydrogens is 617 g/mol. The molecule has 7 heteroatoms. The molecule has 2 atom stereocenters. The zero-order chi connectivity index (χ0) is 33.7. The quantitative estimate of drug-likeness (QED) is 0.100. The zero-order valence-electron chi connectivity index (χ0n) is 28.1. The molecule has 0 N–H and O–H groups in total. The molecule has 0 saturated heterocycles. The number of aldehydes is 1. The Bertz CT molecular complexity index is 1800. The third-order valence-corrected chi connectivity index (χ3v) is 14.1. The average Bonchev–Trinajstić information content (AvgIpc) is 3.49. The van der Waals surface area contributed by atoms with E-state index in [1.54, 1.807) is 20.3 Å². The van der Waals surface area contributed by atoms with Crippen LogP contribution in [0.15, 0.2) is 121 Å². The molecule has 1 heterocycles. The fourth-order valence-corrected chi connectivity index (χ4v) is 11.4. The number of rotatable bonds is 12. The minimum Gasteiger partial charge on any atom is -0.493 e. The van der Waals surface area contributed by atoms with Crippen molar-refractivity contribution in [1.82, 2.24) is 0 Å². The Morgan fingerprint density at radius 3 is 1.90 bits per heavy atom. The summed E-state index contributed by atoms with van der Waals surface area (Å²) in [4.78, 5) is 12.1. The van der Waals surface area contributed by atoms with E-state index in [2.05, 4.69) is 69.3 Å². The van der Waals surface area contributed by atoms with Crippen molar-refractivity contribution in [2.24, 2.45) is 0 Å². The summed E-state index contributed by atoms with van der Waals surface area (Å²) >= 11 is 0. The van der Waals surface area contributed by atoms with Gasteiger partial charge in [-0.2, -0.15) is 0 Å². The first kappa shape index (κ1) is 33.1. The van der Waals surface area contributed by atoms with Gasteiger partial charge >= 0.3 is 0 Å². The first-order chi connectivity index (χ1) is 23.3. The van der Waals surface area contributed by atoms with Crippen molar-refractivity contribution in [3.05, 3.63) is 144 Å². The van der Waals surface area contributed by atoms with E-state index in [1.165, 1.54) is 10.4 Å². The average molecular weight is 659 g/mol. The number of carbonyl (C=O) groups excluding carboxylic acids is 1. The maximum Gasteiger partial charge on any atom is 0.261 e. The molecule has 0 unspecified atom stereocenters. The Labute approximate surface area is 284 Å². The van der Waals surface area contributed by atoms with Gasteiger partial charge in [0, 0.05) is 17.7 Å². The van der Waals surface area contributed by atoms with Crippen LogP contribution in [-0.2, 0) is 11.0 Å². The Balaban J connectivity index is 1.42. The molecule has 0 aliphatic carbocycles. The van der Waals surface area contributed by atoms with Gasteiger partial charge < -0.3 is 23.4 Å². The summed E-state index contributed by atoms with van der Waals surface area (Å²) < 4.78 is 31.9. The number of ether oxygens (including phenoxy) is 4. The standard InChI is InChI=1S/C41H42O6Si/c1-41(2,3)48(32-17-11-7-12-18-32,33-19-13-8-14-20-33)46-28-35-34-23-30(26-42)24-38(44-5)40(34)47-39(35)31-21-22-36(37(25-31)43-4)45-27-29-15-9-6-10-16-29/h6-26,35,39H,27-28H2,1-5H3/t35-,39+/m0/s1. The van der Waals surface area contributed by atoms with Crippen molar-refractivity contribution in [2.45, 2.75) is 44.4 Å². The smallest absolute Gasteiger partial charge is 0.261 e. The van der Waals surface area contributed by atoms with E-state index in [1.807, 2.05) is 66.7 Å². The van der Waals surface area contributed by atoms with Crippen LogP contribution in [0.2, 0.25) is 5.04 Å². The van der Waals surface area contributed by atoms with E-state index >= 15 is 0 Å². The number of methoxy groups -OCH3 is 2. The summed E-state index contributed by atoms with van der Waals surface area (Å²) in [6, 6.07) is 40.7. The van der Waals surface area contributed by atoms with E-state index < -0.39 is 14.4 Å². The molecular formula is C41H42O6Si. The third kappa shape index (κ3) is 6.36. The second-order valence-electron chi connectivity index (χ2n) is 13.1. The molecule has 0 radical (unpaired) electrons. The molecule has 5 aromatic rings. The topological polar surface area (TPSA) is 63.2 Å². The van der Waals surface area contributed by atoms with Crippen molar-refractivity contribution < 1.29 is 28.2 Å². The van der Waals surface area contributed by atoms with Crippen LogP contribution in [0.25, 0.3) is 0 Å². The molecule has 0 bridgehead atoms. The lowest BCUT2D eigenvalue weighted by molar-refractivity contribution is 0.112. The highest BCUT2D eigenvalue weighted by Crippen LogP contribution is 2.52. The fourth-order valence-electron chi connectivity index (χ4n) is 6.81. The highest BCUT2D eigenvalue weighted by Gasteiger charge is 2.51. The van der Waals surface area contributed by atoms with Gasteiger partial charge in [0.2, 0.25) is 0 Å². The molecule has 6 nitrogen and oxygen atoms in total. The van der Waals surface area contributed by atoms with Gasteiger partial charge in [0.05, 0.1) is 20.1 Å². The van der Waals surface area contributed by atoms with Gasteiger partial charge in [0.15, 0.2) is 23.0 Å². The number of carbonyl (C=O) groups is 1. The summed E-state index contributed by atoms with van der Waals surface area (Å²) in [5, 5.41) is 2.18. The molecule has 0 fully saturated rings. The molecule has 0 spiro atoms. The van der Waals surface area contributed by atoms with Crippen LogP contribution < -0.4 is 29.3 Å². The third-order valence-electron chi connectivity index (χ3n) is 9.12.